The van der Waals surface area contributed by atoms with Crippen LogP contribution in [0, 0.1) is 19.8 Å². The van der Waals surface area contributed by atoms with E-state index in [-0.39, 0.29) is 5.91 Å². The van der Waals surface area contributed by atoms with Gasteiger partial charge in [-0.1, -0.05) is 6.07 Å². The van der Waals surface area contributed by atoms with Crippen molar-refractivity contribution >= 4 is 16.9 Å². The molecule has 2 heterocycles. The SMILES string of the molecule is Cc1ccc2[nH]c(CCC(=O)NCC[C@H]3CCOC3)nc2c1C. The topological polar surface area (TPSA) is 67.0 Å². The van der Waals surface area contributed by atoms with Crippen LogP contribution < -0.4 is 5.32 Å². The second-order valence-electron chi connectivity index (χ2n) is 6.46. The zero-order chi connectivity index (χ0) is 16.2. The molecule has 5 nitrogen and oxygen atoms in total. The fourth-order valence-electron chi connectivity index (χ4n) is 3.03. The fourth-order valence-corrected chi connectivity index (χ4v) is 3.03. The van der Waals surface area contributed by atoms with Crippen molar-refractivity contribution in [1.29, 1.82) is 0 Å². The lowest BCUT2D eigenvalue weighted by Crippen LogP contribution is -2.26. The minimum atomic E-state index is 0.0947. The molecule has 2 aromatic rings. The van der Waals surface area contributed by atoms with E-state index in [1.54, 1.807) is 0 Å². The van der Waals surface area contributed by atoms with Crippen molar-refractivity contribution in [3.05, 3.63) is 29.1 Å². The predicted octanol–water partition coefficient (Wildman–Crippen LogP) is 2.66. The van der Waals surface area contributed by atoms with E-state index in [0.29, 0.717) is 18.8 Å². The van der Waals surface area contributed by atoms with Crippen molar-refractivity contribution in [2.24, 2.45) is 5.92 Å². The van der Waals surface area contributed by atoms with Crippen LogP contribution in [0.4, 0.5) is 0 Å². The smallest absolute Gasteiger partial charge is 0.220 e. The molecule has 3 rings (SSSR count). The molecule has 1 aromatic carbocycles. The van der Waals surface area contributed by atoms with E-state index in [1.807, 2.05) is 0 Å². The third-order valence-electron chi connectivity index (χ3n) is 4.72. The summed E-state index contributed by atoms with van der Waals surface area (Å²) in [5.41, 5.74) is 4.50. The van der Waals surface area contributed by atoms with Gasteiger partial charge in [0.1, 0.15) is 5.82 Å². The Hall–Kier alpha value is -1.88. The Bertz CT molecular complexity index is 687. The van der Waals surface area contributed by atoms with Crippen LogP contribution in [-0.4, -0.2) is 35.6 Å². The molecule has 1 aromatic heterocycles. The molecule has 1 aliphatic heterocycles. The van der Waals surface area contributed by atoms with E-state index in [2.05, 4.69) is 41.3 Å². The Balaban J connectivity index is 1.47. The Morgan fingerprint density at radius 1 is 1.43 bits per heavy atom. The van der Waals surface area contributed by atoms with Crippen molar-refractivity contribution in [2.75, 3.05) is 19.8 Å². The number of imidazole rings is 1. The number of ether oxygens (including phenoxy) is 1. The molecule has 5 heteroatoms. The Kier molecular flexibility index (Phi) is 4.96. The number of benzene rings is 1. The number of fused-ring (bicyclic) bond motifs is 1. The molecule has 1 saturated heterocycles. The van der Waals surface area contributed by atoms with Crippen molar-refractivity contribution in [1.82, 2.24) is 15.3 Å². The largest absolute Gasteiger partial charge is 0.381 e. The molecule has 1 aliphatic rings. The highest BCUT2D eigenvalue weighted by atomic mass is 16.5. The number of carbonyl (C=O) groups is 1. The molecule has 23 heavy (non-hydrogen) atoms. The number of rotatable bonds is 6. The van der Waals surface area contributed by atoms with Crippen LogP contribution >= 0.6 is 0 Å². The van der Waals surface area contributed by atoms with E-state index in [1.165, 1.54) is 11.1 Å². The summed E-state index contributed by atoms with van der Waals surface area (Å²) in [6.45, 7) is 6.62. The summed E-state index contributed by atoms with van der Waals surface area (Å²) >= 11 is 0. The number of nitrogens with zero attached hydrogens (tertiary/aromatic N) is 1. The Labute approximate surface area is 136 Å². The van der Waals surface area contributed by atoms with Gasteiger partial charge in [0.05, 0.1) is 11.0 Å². The molecule has 0 bridgehead atoms. The van der Waals surface area contributed by atoms with Gasteiger partial charge in [0.15, 0.2) is 0 Å². The zero-order valence-electron chi connectivity index (χ0n) is 13.9. The molecular weight excluding hydrogens is 290 g/mol. The van der Waals surface area contributed by atoms with Gasteiger partial charge in [0.25, 0.3) is 0 Å². The lowest BCUT2D eigenvalue weighted by molar-refractivity contribution is -0.121. The van der Waals surface area contributed by atoms with E-state index in [9.17, 15) is 4.79 Å². The highest BCUT2D eigenvalue weighted by molar-refractivity contribution is 5.80. The lowest BCUT2D eigenvalue weighted by Gasteiger charge is -2.08. The number of amides is 1. The quantitative estimate of drug-likeness (QED) is 0.861. The predicted molar refractivity (Wildman–Crippen MR) is 90.4 cm³/mol. The minimum Gasteiger partial charge on any atom is -0.381 e. The molecule has 1 amide bonds. The third-order valence-corrected chi connectivity index (χ3v) is 4.72. The first-order chi connectivity index (χ1) is 11.1. The van der Waals surface area contributed by atoms with E-state index in [0.717, 1.165) is 49.5 Å². The maximum atomic E-state index is 11.9. The maximum absolute atomic E-state index is 11.9. The van der Waals surface area contributed by atoms with Crippen LogP contribution in [0.3, 0.4) is 0 Å². The van der Waals surface area contributed by atoms with Crippen molar-refractivity contribution in [3.8, 4) is 0 Å². The summed E-state index contributed by atoms with van der Waals surface area (Å²) in [6.07, 6.45) is 3.24. The molecule has 0 radical (unpaired) electrons. The standard InChI is InChI=1S/C18H25N3O2/c1-12-3-4-15-18(13(12)2)21-16(20-15)5-6-17(22)19-9-7-14-8-10-23-11-14/h3-4,14H,5-11H2,1-2H3,(H,19,22)(H,20,21)/t14-/m0/s1. The number of hydrogen-bond acceptors (Lipinski definition) is 3. The lowest BCUT2D eigenvalue weighted by atomic mass is 10.1. The van der Waals surface area contributed by atoms with Gasteiger partial charge in [-0.2, -0.15) is 0 Å². The van der Waals surface area contributed by atoms with Crippen molar-refractivity contribution in [3.63, 3.8) is 0 Å². The molecule has 0 unspecified atom stereocenters. The van der Waals surface area contributed by atoms with Crippen LogP contribution in [0.2, 0.25) is 0 Å². The first-order valence-electron chi connectivity index (χ1n) is 8.42. The molecule has 1 fully saturated rings. The second kappa shape index (κ2) is 7.13. The van der Waals surface area contributed by atoms with Crippen LogP contribution in [0.25, 0.3) is 11.0 Å². The number of H-pyrrole nitrogens is 1. The maximum Gasteiger partial charge on any atom is 0.220 e. The fraction of sp³-hybridized carbons (Fsp3) is 0.556. The van der Waals surface area contributed by atoms with Crippen LogP contribution in [0.15, 0.2) is 12.1 Å². The van der Waals surface area contributed by atoms with Gasteiger partial charge in [-0.3, -0.25) is 4.79 Å². The van der Waals surface area contributed by atoms with Crippen molar-refractivity contribution in [2.45, 2.75) is 39.5 Å². The number of aromatic nitrogens is 2. The van der Waals surface area contributed by atoms with Gasteiger partial charge in [0.2, 0.25) is 5.91 Å². The van der Waals surface area contributed by atoms with Gasteiger partial charge in [-0.05, 0) is 49.8 Å². The summed E-state index contributed by atoms with van der Waals surface area (Å²) in [5.74, 6) is 1.59. The normalized spacial score (nSPS) is 17.7. The zero-order valence-corrected chi connectivity index (χ0v) is 13.9. The minimum absolute atomic E-state index is 0.0947. The molecule has 1 atom stereocenters. The molecule has 124 valence electrons. The molecule has 2 N–H and O–H groups in total. The molecular formula is C18H25N3O2. The summed E-state index contributed by atoms with van der Waals surface area (Å²) < 4.78 is 5.34. The molecule has 0 saturated carbocycles. The monoisotopic (exact) mass is 315 g/mol. The summed E-state index contributed by atoms with van der Waals surface area (Å²) in [5, 5.41) is 3.00. The average Bonchev–Trinajstić information content (AvgIpc) is 3.18. The van der Waals surface area contributed by atoms with Crippen LogP contribution in [-0.2, 0) is 16.0 Å². The highest BCUT2D eigenvalue weighted by Crippen LogP contribution is 2.19. The third kappa shape index (κ3) is 3.91. The first kappa shape index (κ1) is 16.0. The Morgan fingerprint density at radius 2 is 2.30 bits per heavy atom. The first-order valence-corrected chi connectivity index (χ1v) is 8.42. The Morgan fingerprint density at radius 3 is 3.09 bits per heavy atom. The van der Waals surface area contributed by atoms with Gasteiger partial charge >= 0.3 is 0 Å². The van der Waals surface area contributed by atoms with Crippen molar-refractivity contribution < 1.29 is 9.53 Å². The van der Waals surface area contributed by atoms with Crippen LogP contribution in [0.5, 0.6) is 0 Å². The summed E-state index contributed by atoms with van der Waals surface area (Å²) in [4.78, 5) is 19.9. The van der Waals surface area contributed by atoms with Gasteiger partial charge in [-0.15, -0.1) is 0 Å². The van der Waals surface area contributed by atoms with Crippen LogP contribution in [0.1, 0.15) is 36.2 Å². The molecule has 0 spiro atoms. The number of hydrogen-bond donors (Lipinski definition) is 2. The summed E-state index contributed by atoms with van der Waals surface area (Å²) in [6, 6.07) is 4.15. The van der Waals surface area contributed by atoms with E-state index >= 15 is 0 Å². The number of aryl methyl sites for hydroxylation is 3. The van der Waals surface area contributed by atoms with Gasteiger partial charge in [-0.25, -0.2) is 4.98 Å². The highest BCUT2D eigenvalue weighted by Gasteiger charge is 2.15. The average molecular weight is 315 g/mol. The van der Waals surface area contributed by atoms with Gasteiger partial charge in [0, 0.05) is 32.6 Å². The number of aromatic amines is 1. The summed E-state index contributed by atoms with van der Waals surface area (Å²) in [7, 11) is 0. The number of nitrogens with one attached hydrogen (secondary N) is 2. The van der Waals surface area contributed by atoms with E-state index in [4.69, 9.17) is 4.74 Å². The van der Waals surface area contributed by atoms with E-state index < -0.39 is 0 Å². The second-order valence-corrected chi connectivity index (χ2v) is 6.46. The van der Waals surface area contributed by atoms with Gasteiger partial charge < -0.3 is 15.0 Å². The number of carbonyl (C=O) groups excluding carboxylic acids is 1. The molecule has 0 aliphatic carbocycles.